The molecule has 2 aromatic heterocycles. The van der Waals surface area contributed by atoms with Crippen molar-refractivity contribution in [1.82, 2.24) is 19.4 Å². The predicted molar refractivity (Wildman–Crippen MR) is 123 cm³/mol. The highest BCUT2D eigenvalue weighted by Gasteiger charge is 2.17. The van der Waals surface area contributed by atoms with Crippen molar-refractivity contribution < 1.29 is 9.18 Å². The highest BCUT2D eigenvalue weighted by atomic mass is 32.2. The number of carbonyl (C=O) groups excluding carboxylic acids is 1. The highest BCUT2D eigenvalue weighted by Crippen LogP contribution is 2.21. The number of aryl methyl sites for hydroxylation is 1. The second-order valence-electron chi connectivity index (χ2n) is 7.38. The van der Waals surface area contributed by atoms with Gasteiger partial charge < -0.3 is 4.90 Å². The number of hydrogen-bond acceptors (Lipinski definition) is 5. The Morgan fingerprint density at radius 1 is 1.09 bits per heavy atom. The van der Waals surface area contributed by atoms with E-state index in [9.17, 15) is 14.0 Å². The maximum absolute atomic E-state index is 13.9. The fourth-order valence-corrected chi connectivity index (χ4v) is 4.15. The topological polar surface area (TPSA) is 68.1 Å². The number of thioether (sulfide) groups is 1. The molecule has 4 aromatic rings. The van der Waals surface area contributed by atoms with Gasteiger partial charge in [0.05, 0.1) is 16.7 Å². The molecule has 0 N–H and O–H groups in total. The van der Waals surface area contributed by atoms with Gasteiger partial charge in [-0.05, 0) is 36.8 Å². The number of benzene rings is 2. The van der Waals surface area contributed by atoms with E-state index in [1.165, 1.54) is 15.5 Å². The fraction of sp³-hybridized carbons (Fsp3) is 0.167. The molecule has 0 fully saturated rings. The summed E-state index contributed by atoms with van der Waals surface area (Å²) >= 11 is 1.15. The van der Waals surface area contributed by atoms with Crippen molar-refractivity contribution in [3.8, 4) is 5.82 Å². The van der Waals surface area contributed by atoms with Gasteiger partial charge in [-0.1, -0.05) is 48.2 Å². The van der Waals surface area contributed by atoms with E-state index in [-0.39, 0.29) is 29.6 Å². The molecular weight excluding hydrogens is 427 g/mol. The molecule has 1 amide bonds. The lowest BCUT2D eigenvalue weighted by Gasteiger charge is -2.18. The smallest absolute Gasteiger partial charge is 0.267 e. The molecule has 0 aliphatic heterocycles. The van der Waals surface area contributed by atoms with Gasteiger partial charge in [0.25, 0.3) is 5.56 Å². The quantitative estimate of drug-likeness (QED) is 0.330. The van der Waals surface area contributed by atoms with E-state index in [1.807, 2.05) is 19.1 Å². The van der Waals surface area contributed by atoms with E-state index in [0.717, 1.165) is 17.3 Å². The molecule has 0 spiro atoms. The van der Waals surface area contributed by atoms with Crippen LogP contribution in [0.5, 0.6) is 0 Å². The number of nitrogens with zero attached hydrogens (tertiary/aromatic N) is 4. The van der Waals surface area contributed by atoms with Gasteiger partial charge >= 0.3 is 0 Å². The molecule has 0 saturated heterocycles. The molecule has 4 rings (SSSR count). The Bertz CT molecular complexity index is 1340. The summed E-state index contributed by atoms with van der Waals surface area (Å²) < 4.78 is 15.4. The highest BCUT2D eigenvalue weighted by molar-refractivity contribution is 7.99. The van der Waals surface area contributed by atoms with Gasteiger partial charge in [0.1, 0.15) is 11.6 Å². The van der Waals surface area contributed by atoms with Crippen LogP contribution in [0.4, 0.5) is 4.39 Å². The zero-order chi connectivity index (χ0) is 22.7. The number of halogens is 1. The summed E-state index contributed by atoms with van der Waals surface area (Å²) in [6.07, 6.45) is 1.68. The molecular formula is C24H21FN4O2S. The molecule has 2 aromatic carbocycles. The van der Waals surface area contributed by atoms with E-state index in [1.54, 1.807) is 55.7 Å². The second-order valence-corrected chi connectivity index (χ2v) is 8.32. The lowest BCUT2D eigenvalue weighted by molar-refractivity contribution is -0.127. The van der Waals surface area contributed by atoms with Crippen LogP contribution in [0.15, 0.2) is 76.8 Å². The molecule has 0 unspecified atom stereocenters. The van der Waals surface area contributed by atoms with Crippen molar-refractivity contribution in [2.45, 2.75) is 18.6 Å². The Morgan fingerprint density at radius 3 is 2.59 bits per heavy atom. The minimum atomic E-state index is -0.352. The minimum absolute atomic E-state index is 0.0432. The maximum Gasteiger partial charge on any atom is 0.267 e. The van der Waals surface area contributed by atoms with Gasteiger partial charge in [0, 0.05) is 25.4 Å². The molecule has 0 bridgehead atoms. The van der Waals surface area contributed by atoms with Crippen LogP contribution in [-0.2, 0) is 11.3 Å². The largest absolute Gasteiger partial charge is 0.341 e. The predicted octanol–water partition coefficient (Wildman–Crippen LogP) is 3.98. The molecule has 0 aliphatic carbocycles. The molecule has 6 nitrogen and oxygen atoms in total. The first-order chi connectivity index (χ1) is 15.4. The van der Waals surface area contributed by atoms with E-state index in [2.05, 4.69) is 9.97 Å². The van der Waals surface area contributed by atoms with Crippen molar-refractivity contribution in [3.05, 3.63) is 94.2 Å². The molecule has 8 heteroatoms. The van der Waals surface area contributed by atoms with Crippen LogP contribution in [0.2, 0.25) is 0 Å². The standard InChI is InChI=1S/C24H21FN4O2S/c1-16-11-12-21(26-13-16)29-23(31)18-8-4-6-10-20(18)27-24(29)32-15-22(30)28(2)14-17-7-3-5-9-19(17)25/h3-13H,14-15H2,1-2H3. The lowest BCUT2D eigenvalue weighted by atomic mass is 10.2. The average molecular weight is 449 g/mol. The Labute approximate surface area is 188 Å². The summed E-state index contributed by atoms with van der Waals surface area (Å²) in [5.41, 5.74) is 1.71. The first-order valence-corrected chi connectivity index (χ1v) is 11.0. The Balaban J connectivity index is 1.62. The second kappa shape index (κ2) is 9.32. The van der Waals surface area contributed by atoms with Crippen LogP contribution in [0, 0.1) is 12.7 Å². The minimum Gasteiger partial charge on any atom is -0.341 e. The van der Waals surface area contributed by atoms with Gasteiger partial charge in [-0.25, -0.2) is 18.9 Å². The SMILES string of the molecule is Cc1ccc(-n2c(SCC(=O)N(C)Cc3ccccc3F)nc3ccccc3c2=O)nc1. The number of aromatic nitrogens is 3. The number of rotatable bonds is 6. The Hall–Kier alpha value is -3.52. The van der Waals surface area contributed by atoms with E-state index in [0.29, 0.717) is 27.4 Å². The lowest BCUT2D eigenvalue weighted by Crippen LogP contribution is -2.29. The Kier molecular flexibility index (Phi) is 6.32. The van der Waals surface area contributed by atoms with Crippen molar-refractivity contribution in [2.24, 2.45) is 0 Å². The number of amides is 1. The summed E-state index contributed by atoms with van der Waals surface area (Å²) in [4.78, 5) is 36.4. The third-order valence-corrected chi connectivity index (χ3v) is 5.91. The normalized spacial score (nSPS) is 11.0. The molecule has 162 valence electrons. The molecule has 32 heavy (non-hydrogen) atoms. The van der Waals surface area contributed by atoms with Gasteiger partial charge in [-0.3, -0.25) is 9.59 Å². The third-order valence-electron chi connectivity index (χ3n) is 4.99. The maximum atomic E-state index is 13.9. The van der Waals surface area contributed by atoms with Crippen LogP contribution < -0.4 is 5.56 Å². The number of carbonyl (C=O) groups is 1. The monoisotopic (exact) mass is 448 g/mol. The number of para-hydroxylation sites is 1. The molecule has 0 radical (unpaired) electrons. The molecule has 0 saturated carbocycles. The van der Waals surface area contributed by atoms with Crippen LogP contribution in [0.1, 0.15) is 11.1 Å². The molecule has 2 heterocycles. The summed E-state index contributed by atoms with van der Waals surface area (Å²) in [5, 5.41) is 0.847. The van der Waals surface area contributed by atoms with Crippen molar-refractivity contribution in [3.63, 3.8) is 0 Å². The summed E-state index contributed by atoms with van der Waals surface area (Å²) in [7, 11) is 1.62. The fourth-order valence-electron chi connectivity index (χ4n) is 3.21. The third kappa shape index (κ3) is 4.55. The van der Waals surface area contributed by atoms with Gasteiger partial charge in [-0.15, -0.1) is 0 Å². The number of pyridine rings is 1. The van der Waals surface area contributed by atoms with Gasteiger partial charge in [-0.2, -0.15) is 0 Å². The van der Waals surface area contributed by atoms with Crippen LogP contribution in [-0.4, -0.2) is 38.1 Å². The first kappa shape index (κ1) is 21.7. The van der Waals surface area contributed by atoms with Gasteiger partial charge in [0.15, 0.2) is 5.16 Å². The first-order valence-electron chi connectivity index (χ1n) is 9.99. The zero-order valence-corrected chi connectivity index (χ0v) is 18.5. The molecule has 0 atom stereocenters. The van der Waals surface area contributed by atoms with Crippen molar-refractivity contribution in [1.29, 1.82) is 0 Å². The summed E-state index contributed by atoms with van der Waals surface area (Å²) in [6, 6.07) is 17.1. The van der Waals surface area contributed by atoms with E-state index >= 15 is 0 Å². The average Bonchev–Trinajstić information content (AvgIpc) is 2.80. The van der Waals surface area contributed by atoms with Crippen molar-refractivity contribution in [2.75, 3.05) is 12.8 Å². The Morgan fingerprint density at radius 2 is 1.84 bits per heavy atom. The number of hydrogen-bond donors (Lipinski definition) is 0. The van der Waals surface area contributed by atoms with Crippen molar-refractivity contribution >= 4 is 28.6 Å². The summed E-state index contributed by atoms with van der Waals surface area (Å²) in [6.45, 7) is 2.07. The van der Waals surface area contributed by atoms with E-state index in [4.69, 9.17) is 0 Å². The van der Waals surface area contributed by atoms with Crippen LogP contribution >= 0.6 is 11.8 Å². The number of fused-ring (bicyclic) bond motifs is 1. The summed E-state index contributed by atoms with van der Waals surface area (Å²) in [5.74, 6) is -0.0745. The van der Waals surface area contributed by atoms with Crippen LogP contribution in [0.3, 0.4) is 0 Å². The van der Waals surface area contributed by atoms with E-state index < -0.39 is 0 Å². The van der Waals surface area contributed by atoms with Gasteiger partial charge in [0.2, 0.25) is 5.91 Å². The zero-order valence-electron chi connectivity index (χ0n) is 17.7. The van der Waals surface area contributed by atoms with Crippen LogP contribution in [0.25, 0.3) is 16.7 Å². The molecule has 0 aliphatic rings.